The second kappa shape index (κ2) is 6.66. The Bertz CT molecular complexity index is 673. The van der Waals surface area contributed by atoms with E-state index in [4.69, 9.17) is 21.7 Å². The fourth-order valence-electron chi connectivity index (χ4n) is 2.52. The molecule has 1 aromatic rings. The van der Waals surface area contributed by atoms with Crippen LogP contribution in [0.1, 0.15) is 25.5 Å². The van der Waals surface area contributed by atoms with E-state index in [0.717, 1.165) is 15.7 Å². The van der Waals surface area contributed by atoms with Gasteiger partial charge in [0.15, 0.2) is 22.4 Å². The third-order valence-corrected chi connectivity index (χ3v) is 4.51. The van der Waals surface area contributed by atoms with Crippen LogP contribution in [0.2, 0.25) is 0 Å². The van der Waals surface area contributed by atoms with Crippen LogP contribution in [0.15, 0.2) is 27.9 Å². The lowest BCUT2D eigenvalue weighted by Crippen LogP contribution is -2.44. The summed E-state index contributed by atoms with van der Waals surface area (Å²) < 4.78 is 11.4. The van der Waals surface area contributed by atoms with Crippen molar-refractivity contribution < 1.29 is 14.3 Å². The molecule has 0 bridgehead atoms. The highest BCUT2D eigenvalue weighted by molar-refractivity contribution is 9.10. The van der Waals surface area contributed by atoms with Crippen LogP contribution in [0.3, 0.4) is 0 Å². The second-order valence-corrected chi connectivity index (χ2v) is 6.03. The van der Waals surface area contributed by atoms with Gasteiger partial charge in [0, 0.05) is 11.3 Å². The summed E-state index contributed by atoms with van der Waals surface area (Å²) in [6.45, 7) is 3.38. The van der Waals surface area contributed by atoms with Crippen molar-refractivity contribution >= 4 is 39.0 Å². The molecule has 1 aromatic carbocycles. The first kappa shape index (κ1) is 16.8. The van der Waals surface area contributed by atoms with Crippen LogP contribution in [0.4, 0.5) is 0 Å². The molecule has 2 rings (SSSR count). The Morgan fingerprint density at radius 1 is 1.32 bits per heavy atom. The largest absolute Gasteiger partial charge is 0.493 e. The molecule has 1 unspecified atom stereocenters. The number of allylic oxidation sites excluding steroid dienone is 1. The van der Waals surface area contributed by atoms with Gasteiger partial charge in [-0.05, 0) is 53.6 Å². The van der Waals surface area contributed by atoms with Crippen molar-refractivity contribution in [1.29, 1.82) is 0 Å². The Morgan fingerprint density at radius 2 is 2.00 bits per heavy atom. The van der Waals surface area contributed by atoms with Crippen LogP contribution < -0.4 is 20.1 Å². The van der Waals surface area contributed by atoms with Gasteiger partial charge >= 0.3 is 0 Å². The highest BCUT2D eigenvalue weighted by Crippen LogP contribution is 2.42. The summed E-state index contributed by atoms with van der Waals surface area (Å²) in [4.78, 5) is 12.0. The molecule has 2 N–H and O–H groups in total. The molecular weight excluding hydrogens is 368 g/mol. The molecule has 1 aliphatic heterocycles. The first-order valence-electron chi connectivity index (χ1n) is 6.60. The lowest BCUT2D eigenvalue weighted by atomic mass is 9.93. The van der Waals surface area contributed by atoms with Gasteiger partial charge in [-0.3, -0.25) is 4.79 Å². The van der Waals surface area contributed by atoms with Crippen molar-refractivity contribution in [1.82, 2.24) is 10.6 Å². The number of halogens is 1. The van der Waals surface area contributed by atoms with E-state index in [0.29, 0.717) is 22.2 Å². The number of ether oxygens (including phenoxy) is 2. The monoisotopic (exact) mass is 384 g/mol. The Kier molecular flexibility index (Phi) is 5.08. The zero-order chi connectivity index (χ0) is 16.4. The van der Waals surface area contributed by atoms with Gasteiger partial charge in [0.2, 0.25) is 0 Å². The Hall–Kier alpha value is -1.60. The van der Waals surface area contributed by atoms with Crippen molar-refractivity contribution in [3.05, 3.63) is 33.4 Å². The van der Waals surface area contributed by atoms with E-state index in [2.05, 4.69) is 26.6 Å². The topological polar surface area (TPSA) is 59.6 Å². The molecule has 0 saturated heterocycles. The van der Waals surface area contributed by atoms with E-state index in [1.165, 1.54) is 6.92 Å². The maximum absolute atomic E-state index is 12.0. The third kappa shape index (κ3) is 2.96. The van der Waals surface area contributed by atoms with E-state index in [1.54, 1.807) is 20.3 Å². The number of Topliss-reactive ketones (excluding diaryl/α,β-unsaturated/α-hetero) is 1. The van der Waals surface area contributed by atoms with Crippen molar-refractivity contribution in [2.45, 2.75) is 19.9 Å². The van der Waals surface area contributed by atoms with Gasteiger partial charge in [-0.1, -0.05) is 6.07 Å². The van der Waals surface area contributed by atoms with Gasteiger partial charge in [-0.15, -0.1) is 0 Å². The quantitative estimate of drug-likeness (QED) is 0.778. The molecule has 7 heteroatoms. The van der Waals surface area contributed by atoms with E-state index in [9.17, 15) is 4.79 Å². The number of hydrogen-bond donors (Lipinski definition) is 2. The SMILES string of the molecule is COc1ccc(C2NC(=S)NC(C)=C2C(C)=O)c(Br)c1OC. The molecule has 118 valence electrons. The summed E-state index contributed by atoms with van der Waals surface area (Å²) >= 11 is 8.76. The predicted octanol–water partition coefficient (Wildman–Crippen LogP) is 2.85. The smallest absolute Gasteiger partial charge is 0.175 e. The summed E-state index contributed by atoms with van der Waals surface area (Å²) in [5.74, 6) is 1.17. The fraction of sp³-hybridized carbons (Fsp3) is 0.333. The summed E-state index contributed by atoms with van der Waals surface area (Å²) in [6.07, 6.45) is 0. The molecule has 1 atom stereocenters. The lowest BCUT2D eigenvalue weighted by molar-refractivity contribution is -0.114. The average Bonchev–Trinajstić information content (AvgIpc) is 2.45. The number of ketones is 1. The molecule has 1 aliphatic rings. The molecular formula is C15H17BrN2O3S. The molecule has 0 aliphatic carbocycles. The normalized spacial score (nSPS) is 17.7. The fourth-order valence-corrected chi connectivity index (χ4v) is 3.51. The van der Waals surface area contributed by atoms with Crippen LogP contribution in [-0.2, 0) is 4.79 Å². The number of nitrogens with one attached hydrogen (secondary N) is 2. The van der Waals surface area contributed by atoms with Crippen LogP contribution in [0, 0.1) is 0 Å². The molecule has 1 heterocycles. The third-order valence-electron chi connectivity index (χ3n) is 3.47. The van der Waals surface area contributed by atoms with Crippen LogP contribution in [0.5, 0.6) is 11.5 Å². The highest BCUT2D eigenvalue weighted by atomic mass is 79.9. The van der Waals surface area contributed by atoms with Crippen molar-refractivity contribution in [3.8, 4) is 11.5 Å². The summed E-state index contributed by atoms with van der Waals surface area (Å²) in [7, 11) is 3.15. The van der Waals surface area contributed by atoms with Crippen molar-refractivity contribution in [3.63, 3.8) is 0 Å². The summed E-state index contributed by atoms with van der Waals surface area (Å²) in [6, 6.07) is 3.34. The maximum Gasteiger partial charge on any atom is 0.175 e. The average molecular weight is 385 g/mol. The van der Waals surface area contributed by atoms with E-state index in [1.807, 2.05) is 13.0 Å². The standard InChI is InChI=1S/C15H17BrN2O3S/c1-7-11(8(2)19)13(18-15(22)17-7)9-5-6-10(20-3)14(21-4)12(9)16/h5-6,13H,1-4H3,(H2,17,18,22). The zero-order valence-corrected chi connectivity index (χ0v) is 15.1. The number of rotatable bonds is 4. The first-order chi connectivity index (χ1) is 10.4. The molecule has 22 heavy (non-hydrogen) atoms. The van der Waals surface area contributed by atoms with Gasteiger partial charge < -0.3 is 20.1 Å². The predicted molar refractivity (Wildman–Crippen MR) is 92.2 cm³/mol. The summed E-state index contributed by atoms with van der Waals surface area (Å²) in [5, 5.41) is 6.61. The Morgan fingerprint density at radius 3 is 2.55 bits per heavy atom. The number of carbonyl (C=O) groups is 1. The van der Waals surface area contributed by atoms with E-state index >= 15 is 0 Å². The van der Waals surface area contributed by atoms with Crippen LogP contribution in [-0.4, -0.2) is 25.1 Å². The molecule has 0 radical (unpaired) electrons. The van der Waals surface area contributed by atoms with Gasteiger partial charge in [-0.2, -0.15) is 0 Å². The van der Waals surface area contributed by atoms with Gasteiger partial charge in [0.1, 0.15) is 0 Å². The molecule has 0 aromatic heterocycles. The molecule has 0 spiro atoms. The minimum absolute atomic E-state index is 0.0216. The van der Waals surface area contributed by atoms with Gasteiger partial charge in [0.25, 0.3) is 0 Å². The molecule has 0 amide bonds. The van der Waals surface area contributed by atoms with E-state index < -0.39 is 0 Å². The second-order valence-electron chi connectivity index (χ2n) is 4.83. The molecule has 0 fully saturated rings. The molecule has 5 nitrogen and oxygen atoms in total. The Labute approximate surface area is 143 Å². The number of thiocarbonyl (C=S) groups is 1. The maximum atomic E-state index is 12.0. The highest BCUT2D eigenvalue weighted by Gasteiger charge is 2.30. The van der Waals surface area contributed by atoms with Crippen LogP contribution in [0.25, 0.3) is 0 Å². The number of benzene rings is 1. The number of carbonyl (C=O) groups excluding carboxylic acids is 1. The van der Waals surface area contributed by atoms with Crippen molar-refractivity contribution in [2.75, 3.05) is 14.2 Å². The van der Waals surface area contributed by atoms with E-state index in [-0.39, 0.29) is 11.8 Å². The van der Waals surface area contributed by atoms with Gasteiger partial charge in [-0.25, -0.2) is 0 Å². The van der Waals surface area contributed by atoms with Gasteiger partial charge in [0.05, 0.1) is 24.7 Å². The summed E-state index contributed by atoms with van der Waals surface area (Å²) in [5.41, 5.74) is 2.25. The van der Waals surface area contributed by atoms with Crippen LogP contribution >= 0.6 is 28.1 Å². The zero-order valence-electron chi connectivity index (χ0n) is 12.7. The minimum atomic E-state index is -0.347. The Balaban J connectivity index is 2.61. The molecule has 0 saturated carbocycles. The minimum Gasteiger partial charge on any atom is -0.493 e. The number of hydrogen-bond acceptors (Lipinski definition) is 4. The first-order valence-corrected chi connectivity index (χ1v) is 7.80. The van der Waals surface area contributed by atoms with Crippen molar-refractivity contribution in [2.24, 2.45) is 0 Å². The lowest BCUT2D eigenvalue weighted by Gasteiger charge is -2.31. The number of methoxy groups -OCH3 is 2.